The molecule has 10 nitrogen and oxygen atoms in total. The van der Waals surface area contributed by atoms with Gasteiger partial charge in [0, 0.05) is 27.1 Å². The van der Waals surface area contributed by atoms with Crippen molar-refractivity contribution < 1.29 is 42.4 Å². The highest BCUT2D eigenvalue weighted by Crippen LogP contribution is 2.43. The number of rotatable bonds is 10. The Morgan fingerprint density at radius 3 is 2.22 bits per heavy atom. The van der Waals surface area contributed by atoms with Gasteiger partial charge in [-0.15, -0.1) is 0 Å². The van der Waals surface area contributed by atoms with Gasteiger partial charge in [-0.1, -0.05) is 20.8 Å². The van der Waals surface area contributed by atoms with Crippen LogP contribution >= 0.6 is 0 Å². The Morgan fingerprint density at radius 1 is 1.14 bits per heavy atom. The number of carbonyl (C=O) groups is 2. The summed E-state index contributed by atoms with van der Waals surface area (Å²) >= 11 is 0. The normalized spacial score (nSPS) is 31.6. The zero-order chi connectivity index (χ0) is 27.5. The Labute approximate surface area is 217 Å². The van der Waals surface area contributed by atoms with Gasteiger partial charge in [-0.2, -0.15) is 0 Å². The van der Waals surface area contributed by atoms with Crippen LogP contribution in [0.2, 0.25) is 18.1 Å². The molecule has 2 rings (SSSR count). The topological polar surface area (TPSA) is 111 Å². The van der Waals surface area contributed by atoms with Crippen LogP contribution in [0.15, 0.2) is 0 Å². The van der Waals surface area contributed by atoms with Crippen LogP contribution < -0.4 is 5.32 Å². The summed E-state index contributed by atoms with van der Waals surface area (Å²) < 4.78 is 42.5. The van der Waals surface area contributed by atoms with Crippen molar-refractivity contribution in [2.45, 2.75) is 122 Å². The van der Waals surface area contributed by atoms with Gasteiger partial charge in [-0.25, -0.2) is 4.79 Å². The molecule has 0 aliphatic carbocycles. The number of hydrogen-bond acceptors (Lipinski definition) is 9. The SMILES string of the molecule is CCOC(=O)[C@]1(OC)C[C@H](O[Si](C)(C)C(C)(C)C)[C@@H](NC(C)=O)[C@H]([C@H](OCC)[C@H]2COC(C)(C)O2)O1. The molecule has 36 heavy (non-hydrogen) atoms. The Morgan fingerprint density at radius 2 is 1.78 bits per heavy atom. The molecule has 0 aromatic carbocycles. The average Bonchev–Trinajstić information content (AvgIpc) is 3.11. The summed E-state index contributed by atoms with van der Waals surface area (Å²) in [5.41, 5.74) is 0. The van der Waals surface area contributed by atoms with Gasteiger partial charge in [0.2, 0.25) is 5.91 Å². The van der Waals surface area contributed by atoms with Gasteiger partial charge in [0.1, 0.15) is 18.3 Å². The van der Waals surface area contributed by atoms with Crippen LogP contribution in [0.5, 0.6) is 0 Å². The molecule has 1 amide bonds. The first-order valence-electron chi connectivity index (χ1n) is 12.8. The van der Waals surface area contributed by atoms with E-state index in [1.807, 2.05) is 20.8 Å². The van der Waals surface area contributed by atoms with E-state index in [0.29, 0.717) is 6.61 Å². The number of ether oxygens (including phenoxy) is 6. The Bertz CT molecular complexity index is 769. The van der Waals surface area contributed by atoms with Gasteiger partial charge >= 0.3 is 5.97 Å². The maximum Gasteiger partial charge on any atom is 0.366 e. The van der Waals surface area contributed by atoms with E-state index in [4.69, 9.17) is 32.8 Å². The maximum absolute atomic E-state index is 13.2. The predicted molar refractivity (Wildman–Crippen MR) is 136 cm³/mol. The lowest BCUT2D eigenvalue weighted by Gasteiger charge is -2.51. The fraction of sp³-hybridized carbons (Fsp3) is 0.920. The molecule has 11 heteroatoms. The fourth-order valence-corrected chi connectivity index (χ4v) is 5.71. The van der Waals surface area contributed by atoms with E-state index < -0.39 is 56.3 Å². The first kappa shape index (κ1) is 31.1. The van der Waals surface area contributed by atoms with Gasteiger partial charge in [0.25, 0.3) is 5.79 Å². The summed E-state index contributed by atoms with van der Waals surface area (Å²) in [6, 6.07) is -0.641. The zero-order valence-corrected chi connectivity index (χ0v) is 24.9. The van der Waals surface area contributed by atoms with Gasteiger partial charge in [-0.05, 0) is 45.8 Å². The lowest BCUT2D eigenvalue weighted by atomic mass is 9.88. The standard InChI is InChI=1S/C25H47NO9Si/c1-12-30-20(18-15-32-24(7,8)33-18)21-19(26-16(3)27)17(35-36(10,11)23(4,5)6)14-25(29-9,34-21)22(28)31-13-2/h17-21H,12-15H2,1-11H3,(H,26,27)/t17-,18+,19+,20+,21+,25-/m0/s1. The first-order chi connectivity index (χ1) is 16.5. The van der Waals surface area contributed by atoms with Crippen LogP contribution in [-0.4, -0.2) is 89.2 Å². The largest absolute Gasteiger partial charge is 0.462 e. The molecule has 0 aromatic heterocycles. The molecule has 2 fully saturated rings. The molecule has 0 saturated carbocycles. The highest BCUT2D eigenvalue weighted by molar-refractivity contribution is 6.74. The first-order valence-corrected chi connectivity index (χ1v) is 15.7. The molecule has 2 saturated heterocycles. The average molecular weight is 534 g/mol. The van der Waals surface area contributed by atoms with E-state index in [2.05, 4.69) is 39.2 Å². The molecule has 0 unspecified atom stereocenters. The monoisotopic (exact) mass is 533 g/mol. The minimum absolute atomic E-state index is 0.0443. The Kier molecular flexibility index (Phi) is 10.2. The highest BCUT2D eigenvalue weighted by Gasteiger charge is 2.59. The third-order valence-corrected chi connectivity index (χ3v) is 11.7. The quantitative estimate of drug-likeness (QED) is 0.334. The van der Waals surface area contributed by atoms with Crippen LogP contribution in [0.3, 0.4) is 0 Å². The van der Waals surface area contributed by atoms with Crippen molar-refractivity contribution in [2.75, 3.05) is 26.9 Å². The van der Waals surface area contributed by atoms with Crippen LogP contribution in [0, 0.1) is 0 Å². The predicted octanol–water partition coefficient (Wildman–Crippen LogP) is 3.13. The van der Waals surface area contributed by atoms with E-state index in [9.17, 15) is 9.59 Å². The second-order valence-electron chi connectivity index (χ2n) is 11.4. The summed E-state index contributed by atoms with van der Waals surface area (Å²) in [5.74, 6) is -3.46. The van der Waals surface area contributed by atoms with Crippen molar-refractivity contribution in [1.29, 1.82) is 0 Å². The molecule has 0 aromatic rings. The van der Waals surface area contributed by atoms with Crippen molar-refractivity contribution >= 4 is 20.2 Å². The fourth-order valence-electron chi connectivity index (χ4n) is 4.37. The second-order valence-corrected chi connectivity index (χ2v) is 16.2. The molecule has 0 spiro atoms. The second kappa shape index (κ2) is 11.8. The number of amides is 1. The van der Waals surface area contributed by atoms with Crippen molar-refractivity contribution in [2.24, 2.45) is 0 Å². The molecule has 2 aliphatic rings. The van der Waals surface area contributed by atoms with Gasteiger partial charge in [0.05, 0.1) is 25.4 Å². The van der Waals surface area contributed by atoms with E-state index in [0.717, 1.165) is 0 Å². The van der Waals surface area contributed by atoms with Crippen molar-refractivity contribution in [1.82, 2.24) is 5.32 Å². The zero-order valence-electron chi connectivity index (χ0n) is 23.9. The Balaban J connectivity index is 2.62. The summed E-state index contributed by atoms with van der Waals surface area (Å²) in [6.07, 6.45) is -2.63. The smallest absolute Gasteiger partial charge is 0.366 e. The van der Waals surface area contributed by atoms with Crippen LogP contribution in [0.1, 0.15) is 61.8 Å². The minimum Gasteiger partial charge on any atom is -0.462 e. The van der Waals surface area contributed by atoms with Crippen LogP contribution in [0.4, 0.5) is 0 Å². The Hall–Kier alpha value is -1.08. The summed E-state index contributed by atoms with van der Waals surface area (Å²) in [5, 5.41) is 2.90. The molecule has 210 valence electrons. The molecule has 0 bridgehead atoms. The number of hydrogen-bond donors (Lipinski definition) is 1. The summed E-state index contributed by atoms with van der Waals surface area (Å²) in [4.78, 5) is 25.6. The van der Waals surface area contributed by atoms with E-state index in [-0.39, 0.29) is 30.6 Å². The maximum atomic E-state index is 13.2. The lowest BCUT2D eigenvalue weighted by Crippen LogP contribution is -2.70. The lowest BCUT2D eigenvalue weighted by molar-refractivity contribution is -0.308. The molecular weight excluding hydrogens is 486 g/mol. The van der Waals surface area contributed by atoms with Crippen molar-refractivity contribution in [3.8, 4) is 0 Å². The van der Waals surface area contributed by atoms with Gasteiger partial charge in [0.15, 0.2) is 14.1 Å². The van der Waals surface area contributed by atoms with Gasteiger partial charge in [-0.3, -0.25) is 4.79 Å². The van der Waals surface area contributed by atoms with Crippen molar-refractivity contribution in [3.05, 3.63) is 0 Å². The van der Waals surface area contributed by atoms with Gasteiger partial charge < -0.3 is 38.2 Å². The van der Waals surface area contributed by atoms with Crippen LogP contribution in [-0.2, 0) is 42.4 Å². The highest BCUT2D eigenvalue weighted by atomic mass is 28.4. The molecule has 2 aliphatic heterocycles. The molecule has 2 heterocycles. The number of nitrogens with one attached hydrogen (secondary N) is 1. The number of esters is 1. The van der Waals surface area contributed by atoms with E-state index in [1.54, 1.807) is 6.92 Å². The van der Waals surface area contributed by atoms with Crippen LogP contribution in [0.25, 0.3) is 0 Å². The summed E-state index contributed by atoms with van der Waals surface area (Å²) in [7, 11) is -0.956. The minimum atomic E-state index is -2.36. The molecule has 0 radical (unpaired) electrons. The third-order valence-electron chi connectivity index (χ3n) is 7.17. The van der Waals surface area contributed by atoms with Crippen molar-refractivity contribution in [3.63, 3.8) is 0 Å². The number of carbonyl (C=O) groups excluding carboxylic acids is 2. The third kappa shape index (κ3) is 7.06. The van der Waals surface area contributed by atoms with E-state index >= 15 is 0 Å². The molecular formula is C25H47NO9Si. The van der Waals surface area contributed by atoms with E-state index in [1.165, 1.54) is 14.0 Å². The number of methoxy groups -OCH3 is 1. The molecule has 6 atom stereocenters. The molecule has 1 N–H and O–H groups in total. The summed E-state index contributed by atoms with van der Waals surface area (Å²) in [6.45, 7) is 20.1.